The Kier molecular flexibility index (Phi) is 5.84. The average Bonchev–Trinajstić information content (AvgIpc) is 3.63. The quantitative estimate of drug-likeness (QED) is 0.370. The number of nitrogens with two attached hydrogens (primary N) is 1. The lowest BCUT2D eigenvalue weighted by molar-refractivity contribution is -0.0411. The highest BCUT2D eigenvalue weighted by atomic mass is 32.1. The fourth-order valence-electron chi connectivity index (χ4n) is 5.36. The van der Waals surface area contributed by atoms with Gasteiger partial charge in [-0.15, -0.1) is 0 Å². The van der Waals surface area contributed by atoms with Crippen LogP contribution in [-0.2, 0) is 4.74 Å². The molecule has 0 aliphatic carbocycles. The zero-order chi connectivity index (χ0) is 26.8. The summed E-state index contributed by atoms with van der Waals surface area (Å²) in [5, 5.41) is 16.4. The highest BCUT2D eigenvalue weighted by Gasteiger charge is 2.46. The predicted molar refractivity (Wildman–Crippen MR) is 146 cm³/mol. The topological polar surface area (TPSA) is 118 Å². The lowest BCUT2D eigenvalue weighted by atomic mass is 10.1. The Labute approximate surface area is 227 Å². The summed E-state index contributed by atoms with van der Waals surface area (Å²) >= 11 is 1.66. The molecule has 0 spiro atoms. The van der Waals surface area contributed by atoms with Crippen molar-refractivity contribution in [2.24, 2.45) is 0 Å². The van der Waals surface area contributed by atoms with Gasteiger partial charge < -0.3 is 34.8 Å². The summed E-state index contributed by atoms with van der Waals surface area (Å²) in [6, 6.07) is 5.56. The van der Waals surface area contributed by atoms with Crippen LogP contribution >= 0.6 is 11.3 Å². The molecule has 3 aliphatic rings. The molecule has 2 fully saturated rings. The first-order valence-electron chi connectivity index (χ1n) is 12.9. The van der Waals surface area contributed by atoms with Crippen LogP contribution in [-0.4, -0.2) is 86.8 Å². The number of nitrogens with zero attached hydrogens (tertiary/aromatic N) is 7. The van der Waals surface area contributed by atoms with E-state index in [1.807, 2.05) is 54.6 Å². The second kappa shape index (κ2) is 9.30. The molecule has 3 aromatic heterocycles. The molecule has 0 saturated carbocycles. The van der Waals surface area contributed by atoms with Gasteiger partial charge in [0.1, 0.15) is 42.4 Å². The molecule has 3 N–H and O–H groups in total. The van der Waals surface area contributed by atoms with E-state index in [0.29, 0.717) is 22.6 Å². The molecule has 7 rings (SSSR count). The number of aromatic nitrogens is 4. The lowest BCUT2D eigenvalue weighted by Crippen LogP contribution is -2.36. The fraction of sp³-hybridized carbons (Fsp3) is 0.423. The minimum atomic E-state index is -1.70. The molecule has 13 heteroatoms. The second-order valence-corrected chi connectivity index (χ2v) is 11.2. The SMILES string of the molecule is CN1C=CC(c2cn([C@@H]3O[C@H](COc4ccc5sc(N6CCC6)nc5c4)[C@@H](O)[C@@H]3F)c3ncnc(N)c23)N1C. The minimum absolute atomic E-state index is 0.0191. The maximum Gasteiger partial charge on any atom is 0.186 e. The van der Waals surface area contributed by atoms with Crippen molar-refractivity contribution in [2.45, 2.75) is 37.1 Å². The van der Waals surface area contributed by atoms with Crippen molar-refractivity contribution < 1.29 is 19.0 Å². The van der Waals surface area contributed by atoms with Gasteiger partial charge in [0.2, 0.25) is 0 Å². The Bertz CT molecular complexity index is 1570. The van der Waals surface area contributed by atoms with Crippen molar-refractivity contribution in [3.8, 4) is 5.75 Å². The van der Waals surface area contributed by atoms with Crippen LogP contribution in [0.3, 0.4) is 0 Å². The van der Waals surface area contributed by atoms with Gasteiger partial charge in [-0.1, -0.05) is 11.3 Å². The number of alkyl halides is 1. The van der Waals surface area contributed by atoms with Gasteiger partial charge in [0.15, 0.2) is 17.5 Å². The first kappa shape index (κ1) is 24.5. The molecular formula is C26H29FN8O3S. The van der Waals surface area contributed by atoms with Gasteiger partial charge in [-0.25, -0.2) is 24.4 Å². The molecule has 6 heterocycles. The number of rotatable bonds is 6. The third kappa shape index (κ3) is 3.99. The largest absolute Gasteiger partial charge is 0.491 e. The van der Waals surface area contributed by atoms with E-state index in [4.69, 9.17) is 20.2 Å². The Balaban J connectivity index is 1.12. The van der Waals surface area contributed by atoms with E-state index in [1.54, 1.807) is 22.1 Å². The van der Waals surface area contributed by atoms with Crippen LogP contribution in [0.2, 0.25) is 0 Å². The van der Waals surface area contributed by atoms with Crippen molar-refractivity contribution in [3.05, 3.63) is 48.6 Å². The van der Waals surface area contributed by atoms with Crippen molar-refractivity contribution >= 4 is 43.5 Å². The lowest BCUT2D eigenvalue weighted by Gasteiger charge is -2.30. The third-order valence-corrected chi connectivity index (χ3v) is 8.92. The smallest absolute Gasteiger partial charge is 0.186 e. The van der Waals surface area contributed by atoms with E-state index in [0.717, 1.165) is 34.0 Å². The molecule has 39 heavy (non-hydrogen) atoms. The number of thiazole rings is 1. The summed E-state index contributed by atoms with van der Waals surface area (Å²) < 4.78 is 30.2. The number of benzene rings is 1. The summed E-state index contributed by atoms with van der Waals surface area (Å²) in [5.74, 6) is 0.889. The number of halogens is 1. The highest BCUT2D eigenvalue weighted by molar-refractivity contribution is 7.22. The first-order chi connectivity index (χ1) is 18.9. The van der Waals surface area contributed by atoms with Crippen LogP contribution < -0.4 is 15.4 Å². The number of fused-ring (bicyclic) bond motifs is 2. The van der Waals surface area contributed by atoms with Gasteiger partial charge >= 0.3 is 0 Å². The van der Waals surface area contributed by atoms with Crippen LogP contribution in [0.15, 0.2) is 43.0 Å². The molecule has 2 saturated heterocycles. The van der Waals surface area contributed by atoms with Crippen LogP contribution in [0.1, 0.15) is 24.3 Å². The predicted octanol–water partition coefficient (Wildman–Crippen LogP) is 2.86. The van der Waals surface area contributed by atoms with Gasteiger partial charge in [0, 0.05) is 51.2 Å². The van der Waals surface area contributed by atoms with Gasteiger partial charge in [-0.3, -0.25) is 0 Å². The molecule has 0 bridgehead atoms. The van der Waals surface area contributed by atoms with Crippen LogP contribution in [0.5, 0.6) is 5.75 Å². The number of ether oxygens (including phenoxy) is 2. The van der Waals surface area contributed by atoms with E-state index in [1.165, 1.54) is 12.7 Å². The molecule has 3 aliphatic heterocycles. The standard InChI is InChI=1S/C26H29FN8O3S/c1-32-9-6-17(33(32)2)15-11-35(24-20(15)23(28)29-13-30-24)25-21(27)22(36)18(38-25)12-37-14-4-5-19-16(10-14)31-26(39-19)34-7-3-8-34/h4-6,9-11,13,17-18,21-22,25,36H,3,7-8,12H2,1-2H3,(H2,28,29,30)/t17?,18-,21+,22-,25-/m1/s1. The maximum absolute atomic E-state index is 15.6. The Morgan fingerprint density at radius 2 is 2.10 bits per heavy atom. The third-order valence-electron chi connectivity index (χ3n) is 7.83. The van der Waals surface area contributed by atoms with Crippen molar-refractivity contribution in [1.29, 1.82) is 0 Å². The summed E-state index contributed by atoms with van der Waals surface area (Å²) in [5.41, 5.74) is 8.38. The summed E-state index contributed by atoms with van der Waals surface area (Å²) in [7, 11) is 3.88. The van der Waals surface area contributed by atoms with Gasteiger partial charge in [0.25, 0.3) is 0 Å². The number of hydrogen-bond acceptors (Lipinski definition) is 11. The van der Waals surface area contributed by atoms with E-state index in [2.05, 4.69) is 14.9 Å². The molecule has 1 unspecified atom stereocenters. The molecule has 0 amide bonds. The number of nitrogen functional groups attached to an aromatic ring is 1. The molecule has 11 nitrogen and oxygen atoms in total. The number of hydrazine groups is 1. The maximum atomic E-state index is 15.6. The Morgan fingerprint density at radius 1 is 1.26 bits per heavy atom. The summed E-state index contributed by atoms with van der Waals surface area (Å²) in [6.45, 7) is 2.05. The van der Waals surface area contributed by atoms with E-state index < -0.39 is 24.6 Å². The number of aliphatic hydroxyl groups excluding tert-OH is 1. The molecule has 4 aromatic rings. The molecular weight excluding hydrogens is 523 g/mol. The van der Waals surface area contributed by atoms with Crippen LogP contribution in [0.4, 0.5) is 15.3 Å². The first-order valence-corrected chi connectivity index (χ1v) is 13.7. The molecule has 204 valence electrons. The second-order valence-electron chi connectivity index (χ2n) is 10.2. The summed E-state index contributed by atoms with van der Waals surface area (Å²) in [4.78, 5) is 15.5. The van der Waals surface area contributed by atoms with Crippen molar-refractivity contribution in [2.75, 3.05) is 44.4 Å². The van der Waals surface area contributed by atoms with Crippen LogP contribution in [0.25, 0.3) is 21.3 Å². The van der Waals surface area contributed by atoms with Gasteiger partial charge in [-0.05, 0) is 24.6 Å². The number of aliphatic hydroxyl groups is 1. The summed E-state index contributed by atoms with van der Waals surface area (Å²) in [6.07, 6.45) is 3.24. The Morgan fingerprint density at radius 3 is 2.85 bits per heavy atom. The molecule has 0 radical (unpaired) electrons. The van der Waals surface area contributed by atoms with Gasteiger partial charge in [0.05, 0.1) is 21.6 Å². The van der Waals surface area contributed by atoms with Crippen LogP contribution in [0, 0.1) is 0 Å². The number of anilines is 2. The van der Waals surface area contributed by atoms with E-state index in [9.17, 15) is 5.11 Å². The van der Waals surface area contributed by atoms with Gasteiger partial charge in [-0.2, -0.15) is 0 Å². The molecule has 5 atom stereocenters. The zero-order valence-corrected chi connectivity index (χ0v) is 22.3. The number of likely N-dealkylation sites (N-methyl/N-ethyl adjacent to an activating group) is 1. The minimum Gasteiger partial charge on any atom is -0.491 e. The normalized spacial score (nSPS) is 27.2. The van der Waals surface area contributed by atoms with E-state index in [-0.39, 0.29) is 12.6 Å². The highest BCUT2D eigenvalue weighted by Crippen LogP contribution is 2.40. The average molecular weight is 553 g/mol. The molecule has 1 aromatic carbocycles. The monoisotopic (exact) mass is 552 g/mol. The van der Waals surface area contributed by atoms with E-state index >= 15 is 4.39 Å². The van der Waals surface area contributed by atoms with Crippen molar-refractivity contribution in [3.63, 3.8) is 0 Å². The fourth-order valence-corrected chi connectivity index (χ4v) is 6.36. The van der Waals surface area contributed by atoms with Crippen molar-refractivity contribution in [1.82, 2.24) is 29.5 Å². The zero-order valence-electron chi connectivity index (χ0n) is 21.5. The number of hydrogen-bond donors (Lipinski definition) is 2. The Hall–Kier alpha value is -3.52.